The zero-order chi connectivity index (χ0) is 14.2. The molecular weight excluding hydrogens is 308 g/mol. The van der Waals surface area contributed by atoms with Crippen molar-refractivity contribution in [3.05, 3.63) is 39.4 Å². The number of pyridine rings is 1. The van der Waals surface area contributed by atoms with Gasteiger partial charge in [0.2, 0.25) is 0 Å². The summed E-state index contributed by atoms with van der Waals surface area (Å²) in [4.78, 5) is 16.4. The van der Waals surface area contributed by atoms with Gasteiger partial charge < -0.3 is 5.32 Å². The van der Waals surface area contributed by atoms with Crippen LogP contribution in [0.15, 0.2) is 16.9 Å². The number of aromatic nitrogens is 3. The Bertz CT molecular complexity index is 648. The first-order valence-electron chi connectivity index (χ1n) is 5.84. The number of rotatable bonds is 2. The SMILES string of the molecule is Cc1cc(NC(=O)c2c(C)nn(C)c2C)cnc1Br. The Morgan fingerprint density at radius 3 is 2.58 bits per heavy atom. The fourth-order valence-electron chi connectivity index (χ4n) is 1.92. The summed E-state index contributed by atoms with van der Waals surface area (Å²) in [7, 11) is 1.82. The number of halogens is 1. The Balaban J connectivity index is 2.28. The van der Waals surface area contributed by atoms with Gasteiger partial charge in [-0.25, -0.2) is 4.98 Å². The topological polar surface area (TPSA) is 59.8 Å². The van der Waals surface area contributed by atoms with Crippen molar-refractivity contribution < 1.29 is 4.79 Å². The second-order valence-corrected chi connectivity index (χ2v) is 5.21. The van der Waals surface area contributed by atoms with Crippen LogP contribution < -0.4 is 5.32 Å². The van der Waals surface area contributed by atoms with Crippen LogP contribution >= 0.6 is 15.9 Å². The molecule has 2 heterocycles. The molecule has 100 valence electrons. The van der Waals surface area contributed by atoms with E-state index < -0.39 is 0 Å². The molecule has 0 saturated heterocycles. The third kappa shape index (κ3) is 2.68. The molecule has 0 aliphatic carbocycles. The number of amides is 1. The highest BCUT2D eigenvalue weighted by Gasteiger charge is 2.17. The van der Waals surface area contributed by atoms with Gasteiger partial charge in [0.1, 0.15) is 4.60 Å². The number of hydrogen-bond acceptors (Lipinski definition) is 3. The molecule has 1 amide bonds. The van der Waals surface area contributed by atoms with Crippen molar-refractivity contribution in [1.29, 1.82) is 0 Å². The van der Waals surface area contributed by atoms with E-state index >= 15 is 0 Å². The molecular formula is C13H15BrN4O. The number of aryl methyl sites for hydroxylation is 3. The third-order valence-corrected chi connectivity index (χ3v) is 3.84. The summed E-state index contributed by atoms with van der Waals surface area (Å²) in [6.07, 6.45) is 1.62. The van der Waals surface area contributed by atoms with Gasteiger partial charge in [0.05, 0.1) is 23.1 Å². The molecule has 0 fully saturated rings. The van der Waals surface area contributed by atoms with E-state index in [1.165, 1.54) is 0 Å². The molecule has 2 aromatic rings. The fourth-order valence-corrected chi connectivity index (χ4v) is 2.14. The van der Waals surface area contributed by atoms with Gasteiger partial charge >= 0.3 is 0 Å². The number of nitrogens with zero attached hydrogens (tertiary/aromatic N) is 3. The van der Waals surface area contributed by atoms with Crippen LogP contribution in [0.2, 0.25) is 0 Å². The molecule has 5 nitrogen and oxygen atoms in total. The van der Waals surface area contributed by atoms with Gasteiger partial charge in [-0.3, -0.25) is 9.48 Å². The smallest absolute Gasteiger partial charge is 0.259 e. The van der Waals surface area contributed by atoms with Gasteiger partial charge in [0, 0.05) is 12.7 Å². The van der Waals surface area contributed by atoms with Crippen LogP contribution in [-0.4, -0.2) is 20.7 Å². The van der Waals surface area contributed by atoms with Crippen LogP contribution in [0.5, 0.6) is 0 Å². The fraction of sp³-hybridized carbons (Fsp3) is 0.308. The molecule has 0 bridgehead atoms. The average Bonchev–Trinajstić information content (AvgIpc) is 2.58. The number of carbonyl (C=O) groups is 1. The number of hydrogen-bond donors (Lipinski definition) is 1. The van der Waals surface area contributed by atoms with Crippen LogP contribution in [0.3, 0.4) is 0 Å². The molecule has 19 heavy (non-hydrogen) atoms. The maximum atomic E-state index is 12.3. The van der Waals surface area contributed by atoms with E-state index in [0.29, 0.717) is 11.3 Å². The third-order valence-electron chi connectivity index (χ3n) is 3.01. The van der Waals surface area contributed by atoms with Crippen molar-refractivity contribution in [3.63, 3.8) is 0 Å². The summed E-state index contributed by atoms with van der Waals surface area (Å²) < 4.78 is 2.48. The van der Waals surface area contributed by atoms with Gasteiger partial charge in [-0.2, -0.15) is 5.10 Å². The van der Waals surface area contributed by atoms with Gasteiger partial charge in [-0.1, -0.05) is 0 Å². The Labute approximate surface area is 120 Å². The quantitative estimate of drug-likeness (QED) is 0.865. The molecule has 0 saturated carbocycles. The maximum Gasteiger partial charge on any atom is 0.259 e. The first-order valence-corrected chi connectivity index (χ1v) is 6.63. The molecule has 6 heteroatoms. The monoisotopic (exact) mass is 322 g/mol. The second kappa shape index (κ2) is 5.13. The van der Waals surface area contributed by atoms with Gasteiger partial charge in [-0.05, 0) is 48.3 Å². The van der Waals surface area contributed by atoms with E-state index in [9.17, 15) is 4.79 Å². The summed E-state index contributed by atoms with van der Waals surface area (Å²) in [6, 6.07) is 1.87. The van der Waals surface area contributed by atoms with Crippen molar-refractivity contribution >= 4 is 27.5 Å². The highest BCUT2D eigenvalue weighted by molar-refractivity contribution is 9.10. The van der Waals surface area contributed by atoms with Gasteiger partial charge in [0.25, 0.3) is 5.91 Å². The summed E-state index contributed by atoms with van der Waals surface area (Å²) in [5.74, 6) is -0.161. The highest BCUT2D eigenvalue weighted by Crippen LogP contribution is 2.19. The van der Waals surface area contributed by atoms with E-state index in [-0.39, 0.29) is 5.91 Å². The lowest BCUT2D eigenvalue weighted by Crippen LogP contribution is -2.14. The van der Waals surface area contributed by atoms with E-state index in [4.69, 9.17) is 0 Å². The molecule has 0 spiro atoms. The van der Waals surface area contributed by atoms with Crippen molar-refractivity contribution in [2.24, 2.45) is 7.05 Å². The van der Waals surface area contributed by atoms with Crippen LogP contribution in [0.1, 0.15) is 27.3 Å². The van der Waals surface area contributed by atoms with E-state index in [0.717, 1.165) is 21.6 Å². The maximum absolute atomic E-state index is 12.3. The van der Waals surface area contributed by atoms with E-state index in [2.05, 4.69) is 31.3 Å². The lowest BCUT2D eigenvalue weighted by atomic mass is 10.2. The Morgan fingerprint density at radius 1 is 1.37 bits per heavy atom. The zero-order valence-corrected chi connectivity index (χ0v) is 12.9. The minimum atomic E-state index is -0.161. The Morgan fingerprint density at radius 2 is 2.05 bits per heavy atom. The first kappa shape index (κ1) is 13.7. The molecule has 2 aromatic heterocycles. The van der Waals surface area contributed by atoms with Crippen LogP contribution in [-0.2, 0) is 7.05 Å². The largest absolute Gasteiger partial charge is 0.320 e. The number of nitrogens with one attached hydrogen (secondary N) is 1. The molecule has 1 N–H and O–H groups in total. The van der Waals surface area contributed by atoms with E-state index in [1.54, 1.807) is 10.9 Å². The molecule has 2 rings (SSSR count). The molecule has 0 radical (unpaired) electrons. The predicted octanol–water partition coefficient (Wildman–Crippen LogP) is 2.76. The van der Waals surface area contributed by atoms with Crippen molar-refractivity contribution in [3.8, 4) is 0 Å². The molecule has 0 aliphatic rings. The van der Waals surface area contributed by atoms with Crippen LogP contribution in [0.4, 0.5) is 5.69 Å². The Kier molecular flexibility index (Phi) is 3.71. The normalized spacial score (nSPS) is 10.6. The van der Waals surface area contributed by atoms with E-state index in [1.807, 2.05) is 33.9 Å². The lowest BCUT2D eigenvalue weighted by Gasteiger charge is -2.07. The van der Waals surface area contributed by atoms with Gasteiger partial charge in [0.15, 0.2) is 0 Å². The minimum Gasteiger partial charge on any atom is -0.320 e. The Hall–Kier alpha value is -1.69. The summed E-state index contributed by atoms with van der Waals surface area (Å²) in [5, 5.41) is 7.08. The molecule has 0 aromatic carbocycles. The molecule has 0 atom stereocenters. The van der Waals surface area contributed by atoms with Crippen molar-refractivity contribution in [1.82, 2.24) is 14.8 Å². The number of carbonyl (C=O) groups excluding carboxylic acids is 1. The van der Waals surface area contributed by atoms with Gasteiger partial charge in [-0.15, -0.1) is 0 Å². The number of anilines is 1. The molecule has 0 unspecified atom stereocenters. The van der Waals surface area contributed by atoms with Crippen LogP contribution in [0.25, 0.3) is 0 Å². The van der Waals surface area contributed by atoms with Crippen LogP contribution in [0, 0.1) is 20.8 Å². The molecule has 0 aliphatic heterocycles. The lowest BCUT2D eigenvalue weighted by molar-refractivity contribution is 0.102. The second-order valence-electron chi connectivity index (χ2n) is 4.46. The summed E-state index contributed by atoms with van der Waals surface area (Å²) >= 11 is 3.33. The zero-order valence-electron chi connectivity index (χ0n) is 11.3. The van der Waals surface area contributed by atoms with Crippen molar-refractivity contribution in [2.45, 2.75) is 20.8 Å². The average molecular weight is 323 g/mol. The summed E-state index contributed by atoms with van der Waals surface area (Å²) in [6.45, 7) is 5.63. The first-order chi connectivity index (χ1) is 8.90. The predicted molar refractivity (Wildman–Crippen MR) is 77.3 cm³/mol. The highest BCUT2D eigenvalue weighted by atomic mass is 79.9. The van der Waals surface area contributed by atoms with Crippen molar-refractivity contribution in [2.75, 3.05) is 5.32 Å². The minimum absolute atomic E-state index is 0.161. The standard InChI is InChI=1S/C13H15BrN4O/c1-7-5-10(6-15-12(7)14)16-13(19)11-8(2)17-18(4)9(11)3/h5-6H,1-4H3,(H,16,19). The summed E-state index contributed by atoms with van der Waals surface area (Å²) in [5.41, 5.74) is 3.82.